The fourth-order valence-electron chi connectivity index (χ4n) is 3.50. The van der Waals surface area contributed by atoms with Crippen LogP contribution < -0.4 is 5.73 Å². The number of rotatable bonds is 4. The standard InChI is InChI=1S/C21H14F4N4O2/c22-15-6-8-16(9-7-15)28-18-10-5-14(11-13(18)12-27-28)20(26,21(23,24)25)17-3-1-2-4-19(17)29(30)31/h1-12H,26H2. The molecule has 4 rings (SSSR count). The molecule has 158 valence electrons. The summed E-state index contributed by atoms with van der Waals surface area (Å²) < 4.78 is 57.3. The van der Waals surface area contributed by atoms with Crippen LogP contribution in [0.4, 0.5) is 23.2 Å². The van der Waals surface area contributed by atoms with E-state index in [1.165, 1.54) is 59.4 Å². The van der Waals surface area contributed by atoms with Crippen LogP contribution in [0.3, 0.4) is 0 Å². The van der Waals surface area contributed by atoms with Crippen LogP contribution in [0.15, 0.2) is 72.9 Å². The Balaban J connectivity index is 1.91. The number of aromatic nitrogens is 2. The van der Waals surface area contributed by atoms with Crippen molar-refractivity contribution in [3.05, 3.63) is 100.0 Å². The molecule has 2 N–H and O–H groups in total. The van der Waals surface area contributed by atoms with Crippen LogP contribution in [0.2, 0.25) is 0 Å². The molecular weight excluding hydrogens is 416 g/mol. The van der Waals surface area contributed by atoms with Crippen molar-refractivity contribution in [2.24, 2.45) is 5.73 Å². The van der Waals surface area contributed by atoms with Crippen molar-refractivity contribution in [3.63, 3.8) is 0 Å². The third-order valence-electron chi connectivity index (χ3n) is 5.07. The van der Waals surface area contributed by atoms with Crippen LogP contribution in [0.5, 0.6) is 0 Å². The topological polar surface area (TPSA) is 87.0 Å². The lowest BCUT2D eigenvalue weighted by Gasteiger charge is -2.32. The molecule has 0 saturated heterocycles. The van der Waals surface area contributed by atoms with Crippen LogP contribution in [0, 0.1) is 15.9 Å². The lowest BCUT2D eigenvalue weighted by atomic mass is 9.81. The predicted molar refractivity (Wildman–Crippen MR) is 105 cm³/mol. The molecule has 0 aliphatic heterocycles. The molecule has 0 spiro atoms. The molecule has 4 aromatic rings. The van der Waals surface area contributed by atoms with Crippen molar-refractivity contribution in [2.45, 2.75) is 11.7 Å². The Hall–Kier alpha value is -3.79. The van der Waals surface area contributed by atoms with Gasteiger partial charge in [0, 0.05) is 11.5 Å². The molecule has 0 saturated carbocycles. The molecular formula is C21H14F4N4O2. The Morgan fingerprint density at radius 1 is 1.00 bits per heavy atom. The Labute approximate surface area is 172 Å². The molecule has 6 nitrogen and oxygen atoms in total. The molecule has 0 radical (unpaired) electrons. The summed E-state index contributed by atoms with van der Waals surface area (Å²) >= 11 is 0. The maximum absolute atomic E-state index is 14.2. The van der Waals surface area contributed by atoms with Crippen LogP contribution in [-0.2, 0) is 5.54 Å². The molecule has 10 heteroatoms. The van der Waals surface area contributed by atoms with Gasteiger partial charge in [-0.15, -0.1) is 0 Å². The Bertz CT molecular complexity index is 1280. The van der Waals surface area contributed by atoms with Gasteiger partial charge in [0.05, 0.1) is 27.9 Å². The van der Waals surface area contributed by atoms with E-state index < -0.39 is 33.7 Å². The fraction of sp³-hybridized carbons (Fsp3) is 0.0952. The van der Waals surface area contributed by atoms with Gasteiger partial charge in [-0.25, -0.2) is 9.07 Å². The van der Waals surface area contributed by atoms with Gasteiger partial charge >= 0.3 is 6.18 Å². The second-order valence-electron chi connectivity index (χ2n) is 6.89. The average Bonchev–Trinajstić information content (AvgIpc) is 3.16. The quantitative estimate of drug-likeness (QED) is 0.285. The number of hydrogen-bond donors (Lipinski definition) is 1. The number of nitro benzene ring substituents is 1. The third kappa shape index (κ3) is 3.30. The summed E-state index contributed by atoms with van der Waals surface area (Å²) in [6, 6.07) is 13.7. The highest BCUT2D eigenvalue weighted by Gasteiger charge is 2.57. The minimum Gasteiger partial charge on any atom is -0.310 e. The van der Waals surface area contributed by atoms with E-state index in [4.69, 9.17) is 5.73 Å². The number of fused-ring (bicyclic) bond motifs is 1. The van der Waals surface area contributed by atoms with E-state index >= 15 is 0 Å². The molecule has 1 aromatic heterocycles. The van der Waals surface area contributed by atoms with Gasteiger partial charge in [-0.2, -0.15) is 18.3 Å². The number of alkyl halides is 3. The van der Waals surface area contributed by atoms with Crippen molar-refractivity contribution in [2.75, 3.05) is 0 Å². The number of para-hydroxylation sites is 1. The highest BCUT2D eigenvalue weighted by Crippen LogP contribution is 2.45. The highest BCUT2D eigenvalue weighted by molar-refractivity contribution is 5.81. The molecule has 0 bridgehead atoms. The summed E-state index contributed by atoms with van der Waals surface area (Å²) in [6.45, 7) is 0. The molecule has 3 aromatic carbocycles. The van der Waals surface area contributed by atoms with E-state index in [9.17, 15) is 27.7 Å². The summed E-state index contributed by atoms with van der Waals surface area (Å²) in [5, 5.41) is 15.9. The second-order valence-corrected chi connectivity index (χ2v) is 6.89. The minimum atomic E-state index is -5.03. The zero-order valence-corrected chi connectivity index (χ0v) is 15.7. The van der Waals surface area contributed by atoms with E-state index in [1.807, 2.05) is 0 Å². The first-order valence-corrected chi connectivity index (χ1v) is 8.96. The molecule has 0 aliphatic rings. The number of nitro groups is 1. The number of halogens is 4. The first-order chi connectivity index (χ1) is 14.6. The lowest BCUT2D eigenvalue weighted by molar-refractivity contribution is -0.386. The Morgan fingerprint density at radius 2 is 1.68 bits per heavy atom. The third-order valence-corrected chi connectivity index (χ3v) is 5.07. The van der Waals surface area contributed by atoms with Gasteiger partial charge in [0.2, 0.25) is 0 Å². The van der Waals surface area contributed by atoms with Gasteiger partial charge in [-0.05, 0) is 48.0 Å². The van der Waals surface area contributed by atoms with E-state index in [1.54, 1.807) is 0 Å². The molecule has 0 fully saturated rings. The summed E-state index contributed by atoms with van der Waals surface area (Å²) in [5.74, 6) is -0.440. The van der Waals surface area contributed by atoms with Crippen LogP contribution >= 0.6 is 0 Å². The summed E-state index contributed by atoms with van der Waals surface area (Å²) in [4.78, 5) is 10.5. The lowest BCUT2D eigenvalue weighted by Crippen LogP contribution is -2.51. The zero-order chi connectivity index (χ0) is 22.4. The summed E-state index contributed by atoms with van der Waals surface area (Å²) in [6.07, 6.45) is -3.68. The van der Waals surface area contributed by atoms with Crippen molar-refractivity contribution in [1.82, 2.24) is 9.78 Å². The van der Waals surface area contributed by atoms with Gasteiger partial charge in [0.1, 0.15) is 5.82 Å². The van der Waals surface area contributed by atoms with Gasteiger partial charge in [0.25, 0.3) is 5.69 Å². The molecule has 1 atom stereocenters. The Morgan fingerprint density at radius 3 is 2.32 bits per heavy atom. The molecule has 1 heterocycles. The van der Waals surface area contributed by atoms with E-state index in [0.717, 1.165) is 18.2 Å². The number of nitrogens with zero attached hydrogens (tertiary/aromatic N) is 3. The SMILES string of the molecule is NC(c1ccc2c(cnn2-c2ccc(F)cc2)c1)(c1ccccc1[N+](=O)[O-])C(F)(F)F. The number of benzene rings is 3. The highest BCUT2D eigenvalue weighted by atomic mass is 19.4. The van der Waals surface area contributed by atoms with Crippen LogP contribution in [0.25, 0.3) is 16.6 Å². The van der Waals surface area contributed by atoms with E-state index in [-0.39, 0.29) is 5.56 Å². The van der Waals surface area contributed by atoms with Gasteiger partial charge in [0.15, 0.2) is 5.54 Å². The van der Waals surface area contributed by atoms with Gasteiger partial charge in [-0.3, -0.25) is 10.1 Å². The second kappa shape index (κ2) is 7.17. The summed E-state index contributed by atoms with van der Waals surface area (Å²) in [7, 11) is 0. The molecule has 0 aliphatic carbocycles. The summed E-state index contributed by atoms with van der Waals surface area (Å²) in [5.41, 5.74) is 1.96. The maximum atomic E-state index is 14.2. The van der Waals surface area contributed by atoms with Crippen molar-refractivity contribution < 1.29 is 22.5 Å². The van der Waals surface area contributed by atoms with Crippen LogP contribution in [0.1, 0.15) is 11.1 Å². The monoisotopic (exact) mass is 430 g/mol. The molecule has 31 heavy (non-hydrogen) atoms. The van der Waals surface area contributed by atoms with E-state index in [0.29, 0.717) is 16.6 Å². The number of hydrogen-bond acceptors (Lipinski definition) is 4. The van der Waals surface area contributed by atoms with Crippen LogP contribution in [-0.4, -0.2) is 20.9 Å². The predicted octanol–water partition coefficient (Wildman–Crippen LogP) is 4.84. The first kappa shape index (κ1) is 20.5. The van der Waals surface area contributed by atoms with Crippen molar-refractivity contribution in [3.8, 4) is 5.69 Å². The fourth-order valence-corrected chi connectivity index (χ4v) is 3.50. The van der Waals surface area contributed by atoms with Gasteiger partial charge < -0.3 is 5.73 Å². The molecule has 0 amide bonds. The normalized spacial score (nSPS) is 13.8. The van der Waals surface area contributed by atoms with Crippen molar-refractivity contribution in [1.29, 1.82) is 0 Å². The van der Waals surface area contributed by atoms with E-state index in [2.05, 4.69) is 5.10 Å². The largest absolute Gasteiger partial charge is 0.415 e. The van der Waals surface area contributed by atoms with Crippen molar-refractivity contribution >= 4 is 16.6 Å². The first-order valence-electron chi connectivity index (χ1n) is 8.96. The maximum Gasteiger partial charge on any atom is 0.415 e. The smallest absolute Gasteiger partial charge is 0.310 e. The minimum absolute atomic E-state index is 0.333. The molecule has 1 unspecified atom stereocenters. The Kier molecular flexibility index (Phi) is 4.74. The average molecular weight is 430 g/mol. The number of nitrogens with two attached hydrogens (primary N) is 1. The zero-order valence-electron chi connectivity index (χ0n) is 15.7. The van der Waals surface area contributed by atoms with Gasteiger partial charge in [-0.1, -0.05) is 18.2 Å².